The SMILES string of the molecule is COc1ccc(-c2ccc(-c3cc(=O)oc4cc(OC)c(OC)c(OC)c34)cc2)cc1OC. The molecule has 7 nitrogen and oxygen atoms in total. The van der Waals surface area contributed by atoms with Crippen LogP contribution in [0.1, 0.15) is 0 Å². The van der Waals surface area contributed by atoms with Crippen molar-refractivity contribution in [2.24, 2.45) is 0 Å². The molecule has 0 aliphatic carbocycles. The van der Waals surface area contributed by atoms with Crippen molar-refractivity contribution in [3.63, 3.8) is 0 Å². The minimum absolute atomic E-state index is 0.343. The van der Waals surface area contributed by atoms with Crippen LogP contribution < -0.4 is 29.3 Å². The van der Waals surface area contributed by atoms with Crippen LogP contribution in [-0.4, -0.2) is 35.5 Å². The van der Waals surface area contributed by atoms with Gasteiger partial charge in [-0.25, -0.2) is 4.79 Å². The number of fused-ring (bicyclic) bond motifs is 1. The van der Waals surface area contributed by atoms with Gasteiger partial charge in [0.1, 0.15) is 5.58 Å². The molecule has 0 radical (unpaired) electrons. The molecule has 3 aromatic carbocycles. The van der Waals surface area contributed by atoms with E-state index in [0.29, 0.717) is 45.3 Å². The molecule has 4 aromatic rings. The second-order valence-corrected chi connectivity index (χ2v) is 7.14. The highest BCUT2D eigenvalue weighted by molar-refractivity contribution is 6.01. The van der Waals surface area contributed by atoms with Gasteiger partial charge < -0.3 is 28.1 Å². The van der Waals surface area contributed by atoms with E-state index < -0.39 is 5.63 Å². The van der Waals surface area contributed by atoms with Gasteiger partial charge in [0.25, 0.3) is 0 Å². The number of hydrogen-bond donors (Lipinski definition) is 0. The zero-order chi connectivity index (χ0) is 23.5. The molecule has 170 valence electrons. The third kappa shape index (κ3) is 3.93. The number of rotatable bonds is 7. The number of hydrogen-bond acceptors (Lipinski definition) is 7. The lowest BCUT2D eigenvalue weighted by atomic mass is 9.97. The topological polar surface area (TPSA) is 76.4 Å². The van der Waals surface area contributed by atoms with E-state index in [9.17, 15) is 4.79 Å². The molecule has 0 fully saturated rings. The summed E-state index contributed by atoms with van der Waals surface area (Å²) in [6.07, 6.45) is 0. The highest BCUT2D eigenvalue weighted by Crippen LogP contribution is 2.46. The van der Waals surface area contributed by atoms with E-state index in [1.165, 1.54) is 27.4 Å². The molecule has 0 saturated heterocycles. The van der Waals surface area contributed by atoms with Crippen LogP contribution in [0.25, 0.3) is 33.2 Å². The first-order valence-corrected chi connectivity index (χ1v) is 10.1. The summed E-state index contributed by atoms with van der Waals surface area (Å²) >= 11 is 0. The lowest BCUT2D eigenvalue weighted by molar-refractivity contribution is 0.326. The van der Waals surface area contributed by atoms with E-state index in [1.807, 2.05) is 42.5 Å². The number of ether oxygens (including phenoxy) is 5. The first kappa shape index (κ1) is 22.1. The molecule has 1 heterocycles. The molecule has 7 heteroatoms. The predicted molar refractivity (Wildman–Crippen MR) is 126 cm³/mol. The highest BCUT2D eigenvalue weighted by atomic mass is 16.5. The molecule has 4 rings (SSSR count). The van der Waals surface area contributed by atoms with Crippen LogP contribution in [0.5, 0.6) is 28.7 Å². The van der Waals surface area contributed by atoms with Crippen molar-refractivity contribution < 1.29 is 28.1 Å². The molecule has 0 spiro atoms. The first-order chi connectivity index (χ1) is 16.0. The van der Waals surface area contributed by atoms with Gasteiger partial charge in [0.2, 0.25) is 5.75 Å². The molecule has 0 aliphatic rings. The molecular formula is C26H24O7. The second-order valence-electron chi connectivity index (χ2n) is 7.14. The first-order valence-electron chi connectivity index (χ1n) is 10.1. The zero-order valence-electron chi connectivity index (χ0n) is 19.1. The fourth-order valence-corrected chi connectivity index (χ4v) is 3.88. The van der Waals surface area contributed by atoms with Crippen molar-refractivity contribution in [3.05, 3.63) is 65.0 Å². The van der Waals surface area contributed by atoms with Gasteiger partial charge in [-0.2, -0.15) is 0 Å². The van der Waals surface area contributed by atoms with E-state index in [1.54, 1.807) is 20.3 Å². The Morgan fingerprint density at radius 2 is 1.18 bits per heavy atom. The zero-order valence-corrected chi connectivity index (χ0v) is 19.1. The summed E-state index contributed by atoms with van der Waals surface area (Å²) in [7, 11) is 7.78. The smallest absolute Gasteiger partial charge is 0.336 e. The largest absolute Gasteiger partial charge is 0.493 e. The summed E-state index contributed by atoms with van der Waals surface area (Å²) in [5, 5.41) is 0.619. The number of benzene rings is 3. The van der Waals surface area contributed by atoms with Crippen LogP contribution >= 0.6 is 0 Å². The van der Waals surface area contributed by atoms with E-state index in [-0.39, 0.29) is 0 Å². The third-order valence-electron chi connectivity index (χ3n) is 5.45. The lowest BCUT2D eigenvalue weighted by Crippen LogP contribution is -2.02. The average Bonchev–Trinajstić information content (AvgIpc) is 2.86. The molecule has 0 unspecified atom stereocenters. The predicted octanol–water partition coefficient (Wildman–Crippen LogP) is 5.17. The fourth-order valence-electron chi connectivity index (χ4n) is 3.88. The van der Waals surface area contributed by atoms with E-state index in [0.717, 1.165) is 16.7 Å². The summed E-state index contributed by atoms with van der Waals surface area (Å²) in [6, 6.07) is 16.6. The lowest BCUT2D eigenvalue weighted by Gasteiger charge is -2.16. The Bertz CT molecular complexity index is 1350. The molecule has 0 saturated carbocycles. The Labute approximate surface area is 191 Å². The van der Waals surface area contributed by atoms with Crippen LogP contribution in [0.15, 0.2) is 63.8 Å². The molecule has 1 aromatic heterocycles. The monoisotopic (exact) mass is 448 g/mol. The van der Waals surface area contributed by atoms with Gasteiger partial charge in [-0.05, 0) is 28.8 Å². The summed E-state index contributed by atoms with van der Waals surface area (Å²) in [4.78, 5) is 12.3. The maximum Gasteiger partial charge on any atom is 0.336 e. The van der Waals surface area contributed by atoms with Crippen molar-refractivity contribution in [3.8, 4) is 51.0 Å². The van der Waals surface area contributed by atoms with Gasteiger partial charge in [0, 0.05) is 17.7 Å². The van der Waals surface area contributed by atoms with Crippen molar-refractivity contribution in [2.45, 2.75) is 0 Å². The highest BCUT2D eigenvalue weighted by Gasteiger charge is 2.21. The Balaban J connectivity index is 1.87. The van der Waals surface area contributed by atoms with Crippen LogP contribution in [-0.2, 0) is 0 Å². The van der Waals surface area contributed by atoms with Crippen molar-refractivity contribution in [1.29, 1.82) is 0 Å². The Hall–Kier alpha value is -4.13. The van der Waals surface area contributed by atoms with Gasteiger partial charge >= 0.3 is 5.63 Å². The average molecular weight is 448 g/mol. The van der Waals surface area contributed by atoms with E-state index >= 15 is 0 Å². The summed E-state index contributed by atoms with van der Waals surface area (Å²) in [6.45, 7) is 0. The quantitative estimate of drug-likeness (QED) is 0.361. The van der Waals surface area contributed by atoms with Gasteiger partial charge in [0.05, 0.1) is 40.9 Å². The molecule has 0 atom stereocenters. The molecule has 0 amide bonds. The van der Waals surface area contributed by atoms with Crippen molar-refractivity contribution in [2.75, 3.05) is 35.5 Å². The molecule has 0 bridgehead atoms. The normalized spacial score (nSPS) is 10.7. The Kier molecular flexibility index (Phi) is 6.13. The summed E-state index contributed by atoms with van der Waals surface area (Å²) < 4.78 is 32.7. The summed E-state index contributed by atoms with van der Waals surface area (Å²) in [5.74, 6) is 2.57. The van der Waals surface area contributed by atoms with Gasteiger partial charge in [-0.1, -0.05) is 30.3 Å². The Morgan fingerprint density at radius 1 is 0.576 bits per heavy atom. The summed E-state index contributed by atoms with van der Waals surface area (Å²) in [5.41, 5.74) is 3.31. The molecule has 0 N–H and O–H groups in total. The number of methoxy groups -OCH3 is 5. The van der Waals surface area contributed by atoms with Crippen molar-refractivity contribution >= 4 is 11.0 Å². The minimum Gasteiger partial charge on any atom is -0.493 e. The maximum atomic E-state index is 12.3. The van der Waals surface area contributed by atoms with Crippen LogP contribution in [0.3, 0.4) is 0 Å². The minimum atomic E-state index is -0.476. The fraction of sp³-hybridized carbons (Fsp3) is 0.192. The van der Waals surface area contributed by atoms with E-state index in [4.69, 9.17) is 28.1 Å². The third-order valence-corrected chi connectivity index (χ3v) is 5.45. The molecule has 0 aliphatic heterocycles. The van der Waals surface area contributed by atoms with Gasteiger partial charge in [-0.15, -0.1) is 0 Å². The van der Waals surface area contributed by atoms with Crippen LogP contribution in [0.4, 0.5) is 0 Å². The molecule has 33 heavy (non-hydrogen) atoms. The van der Waals surface area contributed by atoms with Gasteiger partial charge in [-0.3, -0.25) is 0 Å². The van der Waals surface area contributed by atoms with E-state index in [2.05, 4.69) is 0 Å². The maximum absolute atomic E-state index is 12.3. The molecular weight excluding hydrogens is 424 g/mol. The van der Waals surface area contributed by atoms with Crippen LogP contribution in [0, 0.1) is 0 Å². The standard InChI is InChI=1S/C26H24O7/c1-28-19-11-10-17(12-20(19)29-2)15-6-8-16(9-7-15)18-13-23(27)33-21-14-22(30-3)25(31-4)26(32-5)24(18)21/h6-14H,1-5H3. The van der Waals surface area contributed by atoms with Crippen molar-refractivity contribution in [1.82, 2.24) is 0 Å². The van der Waals surface area contributed by atoms with Crippen LogP contribution in [0.2, 0.25) is 0 Å². The van der Waals surface area contributed by atoms with Gasteiger partial charge in [0.15, 0.2) is 23.0 Å². The second kappa shape index (κ2) is 9.16. The Morgan fingerprint density at radius 3 is 1.79 bits per heavy atom.